The molecule has 0 N–H and O–H groups in total. The zero-order chi connectivity index (χ0) is 12.6. The summed E-state index contributed by atoms with van der Waals surface area (Å²) < 4.78 is 2.93. The number of rotatable bonds is 2. The van der Waals surface area contributed by atoms with E-state index in [0.717, 1.165) is 31.9 Å². The average molecular weight is 378 g/mol. The van der Waals surface area contributed by atoms with Gasteiger partial charge in [-0.25, -0.2) is 4.68 Å². The number of hydrogen-bond acceptors (Lipinski definition) is 1. The number of aryl methyl sites for hydroxylation is 1. The Kier molecular flexibility index (Phi) is 3.95. The second kappa shape index (κ2) is 5.12. The van der Waals surface area contributed by atoms with E-state index >= 15 is 0 Å². The molecule has 1 heterocycles. The fraction of sp³-hybridized carbons (Fsp3) is 0.250. The van der Waals surface area contributed by atoms with Crippen LogP contribution in [0.4, 0.5) is 0 Å². The van der Waals surface area contributed by atoms with Gasteiger partial charge < -0.3 is 0 Å². The van der Waals surface area contributed by atoms with Gasteiger partial charge in [0, 0.05) is 9.80 Å². The lowest BCUT2D eigenvalue weighted by Crippen LogP contribution is -1.99. The smallest absolute Gasteiger partial charge is 0.0848 e. The zero-order valence-corrected chi connectivity index (χ0v) is 13.4. The molecule has 17 heavy (non-hydrogen) atoms. The zero-order valence-electron chi connectivity index (χ0n) is 9.47. The van der Waals surface area contributed by atoms with E-state index < -0.39 is 0 Å². The third kappa shape index (κ3) is 2.44. The normalized spacial score (nSPS) is 10.9. The Morgan fingerprint density at radius 1 is 1.35 bits per heavy atom. The van der Waals surface area contributed by atoms with Crippen molar-refractivity contribution < 1.29 is 0 Å². The molecule has 0 atom stereocenters. The molecule has 0 amide bonds. The summed E-state index contributed by atoms with van der Waals surface area (Å²) in [6.07, 6.45) is 0. The fourth-order valence-electron chi connectivity index (χ4n) is 1.65. The summed E-state index contributed by atoms with van der Waals surface area (Å²) in [4.78, 5) is 0. The van der Waals surface area contributed by atoms with Crippen molar-refractivity contribution in [2.75, 3.05) is 0 Å². The molecule has 0 aliphatic rings. The van der Waals surface area contributed by atoms with Crippen LogP contribution in [0.5, 0.6) is 0 Å². The Bertz CT molecular complexity index is 564. The summed E-state index contributed by atoms with van der Waals surface area (Å²) >= 11 is 13.1. The van der Waals surface area contributed by atoms with Gasteiger partial charge in [-0.2, -0.15) is 5.10 Å². The molecule has 0 fully saturated rings. The lowest BCUT2D eigenvalue weighted by Gasteiger charge is -2.07. The van der Waals surface area contributed by atoms with Gasteiger partial charge in [0.1, 0.15) is 0 Å². The molecule has 0 spiro atoms. The molecule has 0 saturated carbocycles. The van der Waals surface area contributed by atoms with Gasteiger partial charge in [0.2, 0.25) is 0 Å². The molecule has 0 unspecified atom stereocenters. The molecule has 2 nitrogen and oxygen atoms in total. The van der Waals surface area contributed by atoms with Gasteiger partial charge in [0.25, 0.3) is 0 Å². The number of benzene rings is 1. The van der Waals surface area contributed by atoms with E-state index in [-0.39, 0.29) is 0 Å². The van der Waals surface area contributed by atoms with Gasteiger partial charge in [-0.3, -0.25) is 0 Å². The molecule has 2 aromatic rings. The second-order valence-corrected chi connectivity index (χ2v) is 5.60. The van der Waals surface area contributed by atoms with Crippen LogP contribution in [0.25, 0.3) is 5.69 Å². The SMILES string of the molecule is Cc1nn(-c2ccc(CBr)c(Br)c2)c(C)c1Cl. The summed E-state index contributed by atoms with van der Waals surface area (Å²) in [5.74, 6) is 0. The van der Waals surface area contributed by atoms with Gasteiger partial charge in [-0.05, 0) is 31.5 Å². The van der Waals surface area contributed by atoms with E-state index in [1.165, 1.54) is 5.56 Å². The first-order chi connectivity index (χ1) is 8.04. The predicted molar refractivity (Wildman–Crippen MR) is 78.4 cm³/mol. The van der Waals surface area contributed by atoms with Crippen molar-refractivity contribution >= 4 is 43.5 Å². The van der Waals surface area contributed by atoms with Gasteiger partial charge in [-0.1, -0.05) is 49.5 Å². The minimum Gasteiger partial charge on any atom is -0.236 e. The first kappa shape index (κ1) is 13.1. The largest absolute Gasteiger partial charge is 0.236 e. The maximum absolute atomic E-state index is 6.14. The highest BCUT2D eigenvalue weighted by atomic mass is 79.9. The summed E-state index contributed by atoms with van der Waals surface area (Å²) in [6, 6.07) is 6.15. The van der Waals surface area contributed by atoms with E-state index in [2.05, 4.69) is 43.0 Å². The van der Waals surface area contributed by atoms with Crippen molar-refractivity contribution in [1.29, 1.82) is 0 Å². The molecule has 1 aromatic carbocycles. The lowest BCUT2D eigenvalue weighted by atomic mass is 10.2. The molecule has 5 heteroatoms. The van der Waals surface area contributed by atoms with Crippen molar-refractivity contribution in [2.45, 2.75) is 19.2 Å². The Labute approximate surface area is 122 Å². The summed E-state index contributed by atoms with van der Waals surface area (Å²) in [5.41, 5.74) is 4.03. The Morgan fingerprint density at radius 3 is 2.53 bits per heavy atom. The van der Waals surface area contributed by atoms with Crippen molar-refractivity contribution in [3.05, 3.63) is 44.6 Å². The highest BCUT2D eigenvalue weighted by Crippen LogP contribution is 2.26. The van der Waals surface area contributed by atoms with E-state index in [9.17, 15) is 0 Å². The summed E-state index contributed by atoms with van der Waals surface area (Å²) in [6.45, 7) is 3.88. The molecule has 0 saturated heterocycles. The van der Waals surface area contributed by atoms with E-state index in [4.69, 9.17) is 11.6 Å². The first-order valence-electron chi connectivity index (χ1n) is 5.11. The van der Waals surface area contributed by atoms with Gasteiger partial charge in [-0.15, -0.1) is 0 Å². The monoisotopic (exact) mass is 376 g/mol. The maximum Gasteiger partial charge on any atom is 0.0848 e. The quantitative estimate of drug-likeness (QED) is 0.687. The van der Waals surface area contributed by atoms with Crippen molar-refractivity contribution in [3.63, 3.8) is 0 Å². The van der Waals surface area contributed by atoms with Crippen LogP contribution in [0.3, 0.4) is 0 Å². The molecule has 1 aromatic heterocycles. The second-order valence-electron chi connectivity index (χ2n) is 3.81. The van der Waals surface area contributed by atoms with Gasteiger partial charge >= 0.3 is 0 Å². The number of halogens is 3. The van der Waals surface area contributed by atoms with Crippen molar-refractivity contribution in [2.24, 2.45) is 0 Å². The molecular formula is C12H11Br2ClN2. The van der Waals surface area contributed by atoms with Crippen molar-refractivity contribution in [3.8, 4) is 5.69 Å². The van der Waals surface area contributed by atoms with Crippen LogP contribution in [0.1, 0.15) is 17.0 Å². The van der Waals surface area contributed by atoms with Crippen LogP contribution in [0.15, 0.2) is 22.7 Å². The number of nitrogens with zero attached hydrogens (tertiary/aromatic N) is 2. The van der Waals surface area contributed by atoms with E-state index in [1.54, 1.807) is 0 Å². The van der Waals surface area contributed by atoms with Gasteiger partial charge in [0.05, 0.1) is 22.1 Å². The molecular weight excluding hydrogens is 367 g/mol. The predicted octanol–water partition coefficient (Wildman–Crippen LogP) is 4.80. The van der Waals surface area contributed by atoms with Crippen LogP contribution >= 0.6 is 43.5 Å². The Hall–Kier alpha value is -0.320. The van der Waals surface area contributed by atoms with Crippen molar-refractivity contribution in [1.82, 2.24) is 9.78 Å². The molecule has 0 aliphatic carbocycles. The minimum absolute atomic E-state index is 0.727. The van der Waals surface area contributed by atoms with E-state index in [0.29, 0.717) is 0 Å². The first-order valence-corrected chi connectivity index (χ1v) is 7.40. The molecule has 90 valence electrons. The lowest BCUT2D eigenvalue weighted by molar-refractivity contribution is 0.832. The number of alkyl halides is 1. The molecule has 0 bridgehead atoms. The third-order valence-electron chi connectivity index (χ3n) is 2.63. The minimum atomic E-state index is 0.727. The van der Waals surface area contributed by atoms with Crippen LogP contribution in [-0.2, 0) is 5.33 Å². The maximum atomic E-state index is 6.14. The van der Waals surface area contributed by atoms with Crippen LogP contribution < -0.4 is 0 Å². The third-order valence-corrected chi connectivity index (χ3v) is 4.52. The molecule has 0 radical (unpaired) electrons. The average Bonchev–Trinajstić information content (AvgIpc) is 2.57. The number of aromatic nitrogens is 2. The molecule has 2 rings (SSSR count). The molecule has 0 aliphatic heterocycles. The topological polar surface area (TPSA) is 17.8 Å². The van der Waals surface area contributed by atoms with Crippen LogP contribution in [0, 0.1) is 13.8 Å². The van der Waals surface area contributed by atoms with E-state index in [1.807, 2.05) is 30.7 Å². The highest BCUT2D eigenvalue weighted by molar-refractivity contribution is 9.10. The van der Waals surface area contributed by atoms with Crippen LogP contribution in [-0.4, -0.2) is 9.78 Å². The fourth-order valence-corrected chi connectivity index (χ4v) is 3.14. The standard InChI is InChI=1S/C12H11Br2ClN2/c1-7-12(15)8(2)17(16-7)10-4-3-9(6-13)11(14)5-10/h3-5H,6H2,1-2H3. The van der Waals surface area contributed by atoms with Gasteiger partial charge in [0.15, 0.2) is 0 Å². The van der Waals surface area contributed by atoms with Crippen LogP contribution in [0.2, 0.25) is 5.02 Å². The number of hydrogen-bond donors (Lipinski definition) is 0. The Balaban J connectivity index is 2.53. The Morgan fingerprint density at radius 2 is 2.06 bits per heavy atom. The highest BCUT2D eigenvalue weighted by Gasteiger charge is 2.11. The summed E-state index contributed by atoms with van der Waals surface area (Å²) in [7, 11) is 0. The summed E-state index contributed by atoms with van der Waals surface area (Å²) in [5, 5.41) is 5.98.